The van der Waals surface area contributed by atoms with Gasteiger partial charge < -0.3 is 5.32 Å². The van der Waals surface area contributed by atoms with E-state index in [1.54, 1.807) is 18.2 Å². The van der Waals surface area contributed by atoms with Crippen LogP contribution in [0, 0.1) is 0 Å². The number of amides is 3. The van der Waals surface area contributed by atoms with Crippen LogP contribution in [0.15, 0.2) is 53.4 Å². The normalized spacial score (nSPS) is 14.5. The minimum Gasteiger partial charge on any atom is -0.352 e. The number of carbonyl (C=O) groups is 3. The average Bonchev–Trinajstić information content (AvgIpc) is 2.90. The largest absolute Gasteiger partial charge is 0.352 e. The molecule has 1 heterocycles. The van der Waals surface area contributed by atoms with Crippen molar-refractivity contribution in [3.05, 3.63) is 65.2 Å². The number of hydrogen-bond donors (Lipinski definition) is 3. The minimum absolute atomic E-state index is 0.0487. The van der Waals surface area contributed by atoms with E-state index in [0.717, 1.165) is 0 Å². The Bertz CT molecular complexity index is 1030. The lowest BCUT2D eigenvalue weighted by Gasteiger charge is -2.14. The monoisotopic (exact) mass is 403 g/mol. The predicted octanol–water partition coefficient (Wildman–Crippen LogP) is 0.657. The summed E-state index contributed by atoms with van der Waals surface area (Å²) in [4.78, 5) is 35.5. The van der Waals surface area contributed by atoms with Crippen LogP contribution in [0.3, 0.4) is 0 Å². The highest BCUT2D eigenvalue weighted by Gasteiger charge is 2.40. The molecule has 146 valence electrons. The molecular weight excluding hydrogens is 386 g/mol. The van der Waals surface area contributed by atoms with Crippen molar-refractivity contribution in [3.63, 3.8) is 0 Å². The van der Waals surface area contributed by atoms with E-state index in [9.17, 15) is 22.8 Å². The third kappa shape index (κ3) is 3.73. The molecule has 0 saturated carbocycles. The van der Waals surface area contributed by atoms with Gasteiger partial charge in [-0.15, -0.1) is 0 Å². The molecule has 28 heavy (non-hydrogen) atoms. The van der Waals surface area contributed by atoms with Gasteiger partial charge in [0.15, 0.2) is 0 Å². The molecule has 9 nitrogen and oxygen atoms in total. The fraction of sp³-hybridized carbons (Fsp3) is 0.167. The summed E-state index contributed by atoms with van der Waals surface area (Å²) in [6.07, 6.45) is -0.177. The van der Waals surface area contributed by atoms with E-state index >= 15 is 0 Å². The first-order valence-corrected chi connectivity index (χ1v) is 9.75. The molecule has 2 aromatic rings. The first-order valence-electron chi connectivity index (χ1n) is 8.31. The van der Waals surface area contributed by atoms with Crippen LogP contribution in [0.1, 0.15) is 32.7 Å². The van der Waals surface area contributed by atoms with Crippen LogP contribution in [0.25, 0.3) is 0 Å². The highest BCUT2D eigenvalue weighted by molar-refractivity contribution is 7.90. The van der Waals surface area contributed by atoms with Crippen molar-refractivity contribution in [1.82, 2.24) is 15.1 Å². The van der Waals surface area contributed by atoms with Crippen LogP contribution in [0.2, 0.25) is 0 Å². The zero-order chi connectivity index (χ0) is 20.3. The number of hydrogen-bond acceptors (Lipinski definition) is 6. The van der Waals surface area contributed by atoms with E-state index in [2.05, 4.69) is 5.32 Å². The van der Waals surface area contributed by atoms with Crippen molar-refractivity contribution in [1.29, 1.82) is 0 Å². The van der Waals surface area contributed by atoms with Gasteiger partial charge in [-0.1, -0.05) is 24.3 Å². The van der Waals surface area contributed by atoms with Crippen molar-refractivity contribution in [2.45, 2.75) is 17.9 Å². The van der Waals surface area contributed by atoms with E-state index in [0.29, 0.717) is 9.87 Å². The Hall–Kier alpha value is -3.24. The molecular formula is C18H17N3O6S. The van der Waals surface area contributed by atoms with Crippen molar-refractivity contribution < 1.29 is 28.0 Å². The molecule has 3 amide bonds. The third-order valence-corrected chi connectivity index (χ3v) is 6.10. The third-order valence-electron chi connectivity index (χ3n) is 4.26. The molecule has 0 aliphatic carbocycles. The van der Waals surface area contributed by atoms with Crippen molar-refractivity contribution >= 4 is 27.7 Å². The van der Waals surface area contributed by atoms with E-state index in [-0.39, 0.29) is 35.5 Å². The van der Waals surface area contributed by atoms with E-state index in [4.69, 9.17) is 5.21 Å². The zero-order valence-electron chi connectivity index (χ0n) is 14.6. The van der Waals surface area contributed by atoms with Crippen LogP contribution in [-0.4, -0.2) is 42.2 Å². The first kappa shape index (κ1) is 19.5. The number of hydroxylamine groups is 1. The molecule has 1 aliphatic rings. The van der Waals surface area contributed by atoms with Gasteiger partial charge >= 0.3 is 0 Å². The quantitative estimate of drug-likeness (QED) is 0.479. The summed E-state index contributed by atoms with van der Waals surface area (Å²) in [5.41, 5.74) is 2.60. The van der Waals surface area contributed by atoms with Gasteiger partial charge in [0.25, 0.3) is 21.8 Å². The van der Waals surface area contributed by atoms with Gasteiger partial charge in [-0.2, -0.15) is 0 Å². The van der Waals surface area contributed by atoms with E-state index in [1.165, 1.54) is 35.8 Å². The van der Waals surface area contributed by atoms with E-state index < -0.39 is 27.7 Å². The molecule has 1 aliphatic heterocycles. The SMILES string of the molecule is O=C(CCN1C(=O)c2ccccc2S1(=O)=O)NCc1ccc(C(=O)NO)cc1. The molecule has 0 saturated heterocycles. The molecule has 0 unspecified atom stereocenters. The summed E-state index contributed by atoms with van der Waals surface area (Å²) in [5.74, 6) is -1.70. The smallest absolute Gasteiger partial charge is 0.274 e. The van der Waals surface area contributed by atoms with Gasteiger partial charge in [0, 0.05) is 25.1 Å². The second-order valence-corrected chi connectivity index (χ2v) is 7.87. The second-order valence-electron chi connectivity index (χ2n) is 6.04. The van der Waals surface area contributed by atoms with Crippen molar-refractivity contribution in [2.24, 2.45) is 0 Å². The van der Waals surface area contributed by atoms with Gasteiger partial charge in [0.2, 0.25) is 5.91 Å². The summed E-state index contributed by atoms with van der Waals surface area (Å²) in [5, 5.41) is 11.2. The average molecular weight is 403 g/mol. The Kier molecular flexibility index (Phi) is 5.43. The molecule has 0 bridgehead atoms. The summed E-state index contributed by atoms with van der Waals surface area (Å²) < 4.78 is 25.6. The summed E-state index contributed by atoms with van der Waals surface area (Å²) in [7, 11) is -3.93. The summed E-state index contributed by atoms with van der Waals surface area (Å²) in [6, 6.07) is 12.1. The van der Waals surface area contributed by atoms with Crippen LogP contribution in [0.4, 0.5) is 0 Å². The van der Waals surface area contributed by atoms with Crippen LogP contribution >= 0.6 is 0 Å². The molecule has 0 radical (unpaired) electrons. The topological polar surface area (TPSA) is 133 Å². The Morgan fingerprint density at radius 1 is 1.04 bits per heavy atom. The molecule has 0 fully saturated rings. The predicted molar refractivity (Wildman–Crippen MR) is 96.8 cm³/mol. The fourth-order valence-electron chi connectivity index (χ4n) is 2.78. The Morgan fingerprint density at radius 2 is 1.71 bits per heavy atom. The van der Waals surface area contributed by atoms with Crippen molar-refractivity contribution in [3.8, 4) is 0 Å². The zero-order valence-corrected chi connectivity index (χ0v) is 15.4. The van der Waals surface area contributed by atoms with Gasteiger partial charge in [-0.05, 0) is 29.8 Å². The minimum atomic E-state index is -3.93. The molecule has 3 N–H and O–H groups in total. The standard InChI is InChI=1S/C18H17N3O6S/c22-16(19-11-12-5-7-13(8-6-12)17(23)20-25)9-10-21-18(24)14-3-1-2-4-15(14)28(21,26)27/h1-8,25H,9-11H2,(H,19,22)(H,20,23). The molecule has 0 aromatic heterocycles. The van der Waals surface area contributed by atoms with Gasteiger partial charge in [-0.3, -0.25) is 19.6 Å². The van der Waals surface area contributed by atoms with Crippen LogP contribution in [-0.2, 0) is 21.4 Å². The van der Waals surface area contributed by atoms with Crippen LogP contribution in [0.5, 0.6) is 0 Å². The lowest BCUT2D eigenvalue weighted by molar-refractivity contribution is -0.121. The van der Waals surface area contributed by atoms with E-state index in [1.807, 2.05) is 0 Å². The van der Waals surface area contributed by atoms with Crippen LogP contribution < -0.4 is 10.8 Å². The molecule has 0 atom stereocenters. The summed E-state index contributed by atoms with van der Waals surface area (Å²) in [6.45, 7) is -0.0852. The lowest BCUT2D eigenvalue weighted by atomic mass is 10.1. The molecule has 0 spiro atoms. The lowest BCUT2D eigenvalue weighted by Crippen LogP contribution is -2.34. The Morgan fingerprint density at radius 3 is 2.36 bits per heavy atom. The number of fused-ring (bicyclic) bond motifs is 1. The first-order chi connectivity index (χ1) is 13.3. The highest BCUT2D eigenvalue weighted by atomic mass is 32.2. The number of rotatable bonds is 6. The maximum absolute atomic E-state index is 12.4. The Labute approximate surface area is 161 Å². The van der Waals surface area contributed by atoms with Gasteiger partial charge in [0.05, 0.1) is 5.56 Å². The molecule has 3 rings (SSSR count). The molecule has 2 aromatic carbocycles. The number of sulfonamides is 1. The number of carbonyl (C=O) groups excluding carboxylic acids is 3. The highest BCUT2D eigenvalue weighted by Crippen LogP contribution is 2.29. The summed E-state index contributed by atoms with van der Waals surface area (Å²) >= 11 is 0. The number of nitrogens with one attached hydrogen (secondary N) is 2. The maximum Gasteiger partial charge on any atom is 0.274 e. The molecule has 10 heteroatoms. The van der Waals surface area contributed by atoms with Gasteiger partial charge in [-0.25, -0.2) is 18.2 Å². The fourth-order valence-corrected chi connectivity index (χ4v) is 4.35. The van der Waals surface area contributed by atoms with Gasteiger partial charge in [0.1, 0.15) is 4.90 Å². The maximum atomic E-state index is 12.4. The number of benzene rings is 2. The van der Waals surface area contributed by atoms with Crippen molar-refractivity contribution in [2.75, 3.05) is 6.54 Å². The Balaban J connectivity index is 1.55. The number of nitrogens with zero attached hydrogens (tertiary/aromatic N) is 1. The second kappa shape index (κ2) is 7.79.